The molecule has 2 rings (SSSR count). The molecule has 0 bridgehead atoms. The van der Waals surface area contributed by atoms with E-state index in [-0.39, 0.29) is 30.1 Å². The van der Waals surface area contributed by atoms with Crippen LogP contribution in [-0.2, 0) is 11.3 Å². The first kappa shape index (κ1) is 25.0. The van der Waals surface area contributed by atoms with E-state index in [2.05, 4.69) is 59.5 Å². The third-order valence-electron chi connectivity index (χ3n) is 4.81. The summed E-state index contributed by atoms with van der Waals surface area (Å²) in [7, 11) is 1.80. The molecule has 1 aliphatic rings. The number of nitrogens with one attached hydrogen (secondary N) is 2. The number of hydrogen-bond acceptors (Lipinski definition) is 4. The van der Waals surface area contributed by atoms with E-state index in [0.29, 0.717) is 18.6 Å². The molecule has 160 valence electrons. The Kier molecular flexibility index (Phi) is 11.1. The van der Waals surface area contributed by atoms with Crippen molar-refractivity contribution in [2.24, 2.45) is 4.99 Å². The minimum Gasteiger partial charge on any atom is -0.491 e. The van der Waals surface area contributed by atoms with Crippen LogP contribution < -0.4 is 15.4 Å². The lowest BCUT2D eigenvalue weighted by Crippen LogP contribution is -2.52. The molecule has 1 aromatic rings. The second kappa shape index (κ2) is 12.5. The lowest BCUT2D eigenvalue weighted by molar-refractivity contribution is -0.0174. The summed E-state index contributed by atoms with van der Waals surface area (Å²) in [6, 6.07) is 7.19. The molecular weight excluding hydrogens is 467 g/mol. The minimum atomic E-state index is 0. The molecule has 2 atom stereocenters. The predicted molar refractivity (Wildman–Crippen MR) is 127 cm³/mol. The fraction of sp³-hybridized carbons (Fsp3) is 0.667. The van der Waals surface area contributed by atoms with Crippen molar-refractivity contribution in [1.82, 2.24) is 15.5 Å². The Hall–Kier alpha value is -1.06. The first-order valence-electron chi connectivity index (χ1n) is 9.95. The number of morpholine rings is 1. The molecule has 1 heterocycles. The van der Waals surface area contributed by atoms with Crippen molar-refractivity contribution < 1.29 is 9.47 Å². The molecule has 0 aromatic heterocycles. The number of hydrogen-bond donors (Lipinski definition) is 2. The average molecular weight is 504 g/mol. The predicted octanol–water partition coefficient (Wildman–Crippen LogP) is 3.17. The quantitative estimate of drug-likeness (QED) is 0.340. The summed E-state index contributed by atoms with van der Waals surface area (Å²) < 4.78 is 11.5. The number of halogens is 1. The van der Waals surface area contributed by atoms with Crippen LogP contribution in [0.5, 0.6) is 5.75 Å². The molecule has 2 unspecified atom stereocenters. The third-order valence-corrected chi connectivity index (χ3v) is 4.81. The van der Waals surface area contributed by atoms with E-state index < -0.39 is 0 Å². The molecule has 6 nitrogen and oxygen atoms in total. The van der Waals surface area contributed by atoms with E-state index in [9.17, 15) is 0 Å². The smallest absolute Gasteiger partial charge is 0.191 e. The van der Waals surface area contributed by atoms with E-state index in [1.807, 2.05) is 13.8 Å². The van der Waals surface area contributed by atoms with E-state index in [1.165, 1.54) is 5.56 Å². The fourth-order valence-corrected chi connectivity index (χ4v) is 3.33. The van der Waals surface area contributed by atoms with Gasteiger partial charge in [0.1, 0.15) is 5.75 Å². The molecule has 1 saturated heterocycles. The highest BCUT2D eigenvalue weighted by Crippen LogP contribution is 2.21. The van der Waals surface area contributed by atoms with Crippen LogP contribution in [0.15, 0.2) is 23.2 Å². The number of aliphatic imine (C=N–C) groups is 1. The van der Waals surface area contributed by atoms with Crippen LogP contribution in [0.3, 0.4) is 0 Å². The Labute approximate surface area is 187 Å². The molecular formula is C21H37IN4O2. The maximum atomic E-state index is 5.96. The van der Waals surface area contributed by atoms with Gasteiger partial charge in [0.2, 0.25) is 0 Å². The van der Waals surface area contributed by atoms with E-state index in [0.717, 1.165) is 43.6 Å². The van der Waals surface area contributed by atoms with Gasteiger partial charge in [0.25, 0.3) is 0 Å². The van der Waals surface area contributed by atoms with Gasteiger partial charge in [0.05, 0.1) is 19.3 Å². The van der Waals surface area contributed by atoms with Gasteiger partial charge < -0.3 is 20.1 Å². The van der Waals surface area contributed by atoms with Gasteiger partial charge in [-0.3, -0.25) is 9.89 Å². The molecule has 28 heavy (non-hydrogen) atoms. The van der Waals surface area contributed by atoms with Gasteiger partial charge >= 0.3 is 0 Å². The van der Waals surface area contributed by atoms with Crippen molar-refractivity contribution in [1.29, 1.82) is 0 Å². The maximum absolute atomic E-state index is 5.96. The van der Waals surface area contributed by atoms with Crippen molar-refractivity contribution >= 4 is 29.9 Å². The van der Waals surface area contributed by atoms with Crippen molar-refractivity contribution in [2.75, 3.05) is 33.4 Å². The number of aryl methyl sites for hydroxylation is 1. The van der Waals surface area contributed by atoms with Crippen LogP contribution in [0.2, 0.25) is 0 Å². The minimum absolute atomic E-state index is 0. The molecule has 1 aromatic carbocycles. The van der Waals surface area contributed by atoms with Gasteiger partial charge in [-0.05, 0) is 46.2 Å². The van der Waals surface area contributed by atoms with Gasteiger partial charge in [-0.25, -0.2) is 0 Å². The van der Waals surface area contributed by atoms with E-state index in [4.69, 9.17) is 9.47 Å². The fourth-order valence-electron chi connectivity index (χ4n) is 3.33. The van der Waals surface area contributed by atoms with Gasteiger partial charge in [-0.2, -0.15) is 0 Å². The number of ether oxygens (including phenoxy) is 2. The van der Waals surface area contributed by atoms with Crippen LogP contribution in [0.1, 0.15) is 38.8 Å². The zero-order chi connectivity index (χ0) is 19.8. The molecule has 0 radical (unpaired) electrons. The van der Waals surface area contributed by atoms with Crippen LogP contribution in [0.25, 0.3) is 0 Å². The zero-order valence-electron chi connectivity index (χ0n) is 18.1. The molecule has 1 fully saturated rings. The maximum Gasteiger partial charge on any atom is 0.191 e. The summed E-state index contributed by atoms with van der Waals surface area (Å²) in [5.41, 5.74) is 2.33. The summed E-state index contributed by atoms with van der Waals surface area (Å²) >= 11 is 0. The number of guanidine groups is 1. The monoisotopic (exact) mass is 504 g/mol. The van der Waals surface area contributed by atoms with Crippen molar-refractivity contribution in [3.05, 3.63) is 29.3 Å². The summed E-state index contributed by atoms with van der Waals surface area (Å²) in [4.78, 5) is 6.84. The SMILES string of the molecule is CN=C(NCc1ccc(C)cc1OC(C)C)NCC(C)N1CCOCC1C.I. The molecule has 0 amide bonds. The summed E-state index contributed by atoms with van der Waals surface area (Å²) in [5.74, 6) is 1.74. The number of rotatable bonds is 7. The van der Waals surface area contributed by atoms with Crippen molar-refractivity contribution in [3.8, 4) is 5.75 Å². The highest BCUT2D eigenvalue weighted by atomic mass is 127. The van der Waals surface area contributed by atoms with Gasteiger partial charge in [0, 0.05) is 44.3 Å². The molecule has 7 heteroatoms. The van der Waals surface area contributed by atoms with E-state index >= 15 is 0 Å². The lowest BCUT2D eigenvalue weighted by Gasteiger charge is -2.38. The van der Waals surface area contributed by atoms with E-state index in [1.54, 1.807) is 7.05 Å². The average Bonchev–Trinajstić information content (AvgIpc) is 2.63. The van der Waals surface area contributed by atoms with Gasteiger partial charge in [0.15, 0.2) is 5.96 Å². The zero-order valence-corrected chi connectivity index (χ0v) is 20.4. The van der Waals surface area contributed by atoms with Crippen molar-refractivity contribution in [2.45, 2.75) is 59.4 Å². The Morgan fingerprint density at radius 2 is 2.07 bits per heavy atom. The number of nitrogens with zero attached hydrogens (tertiary/aromatic N) is 2. The summed E-state index contributed by atoms with van der Waals surface area (Å²) in [5, 5.41) is 6.85. The topological polar surface area (TPSA) is 58.1 Å². The Morgan fingerprint density at radius 3 is 2.71 bits per heavy atom. The van der Waals surface area contributed by atoms with Gasteiger partial charge in [-0.1, -0.05) is 12.1 Å². The second-order valence-electron chi connectivity index (χ2n) is 7.60. The first-order valence-corrected chi connectivity index (χ1v) is 9.95. The Bertz CT molecular complexity index is 624. The highest BCUT2D eigenvalue weighted by Gasteiger charge is 2.23. The summed E-state index contributed by atoms with van der Waals surface area (Å²) in [6.45, 7) is 14.8. The van der Waals surface area contributed by atoms with Crippen molar-refractivity contribution in [3.63, 3.8) is 0 Å². The second-order valence-corrected chi connectivity index (χ2v) is 7.60. The van der Waals surface area contributed by atoms with Crippen LogP contribution >= 0.6 is 24.0 Å². The molecule has 1 aliphatic heterocycles. The lowest BCUT2D eigenvalue weighted by atomic mass is 10.1. The molecule has 0 saturated carbocycles. The van der Waals surface area contributed by atoms with Crippen LogP contribution in [-0.4, -0.2) is 62.4 Å². The first-order chi connectivity index (χ1) is 12.9. The van der Waals surface area contributed by atoms with Gasteiger partial charge in [-0.15, -0.1) is 24.0 Å². The summed E-state index contributed by atoms with van der Waals surface area (Å²) in [6.07, 6.45) is 0.152. The largest absolute Gasteiger partial charge is 0.491 e. The van der Waals surface area contributed by atoms with Crippen LogP contribution in [0, 0.1) is 6.92 Å². The Balaban J connectivity index is 0.00000392. The number of benzene rings is 1. The normalized spacial score (nSPS) is 19.1. The van der Waals surface area contributed by atoms with Crippen LogP contribution in [0.4, 0.5) is 0 Å². The third kappa shape index (κ3) is 7.75. The highest BCUT2D eigenvalue weighted by molar-refractivity contribution is 14.0. The molecule has 0 spiro atoms. The standard InChI is InChI=1S/C21H36N4O2.HI/c1-15(2)27-20-11-16(3)7-8-19(20)13-24-21(22-6)23-12-17(4)25-9-10-26-14-18(25)5;/h7-8,11,15,17-18H,9-10,12-14H2,1-6H3,(H2,22,23,24);1H. The molecule has 0 aliphatic carbocycles. The molecule has 2 N–H and O–H groups in total. The Morgan fingerprint density at radius 1 is 1.32 bits per heavy atom.